The summed E-state index contributed by atoms with van der Waals surface area (Å²) in [6.45, 7) is 4.89. The SMILES string of the molecule is CCOCC(C)NC(=O)c1cc(OC)ccc1N. The van der Waals surface area contributed by atoms with Crippen LogP contribution in [0.1, 0.15) is 24.2 Å². The van der Waals surface area contributed by atoms with E-state index in [2.05, 4.69) is 5.32 Å². The molecule has 0 saturated carbocycles. The van der Waals surface area contributed by atoms with E-state index in [4.69, 9.17) is 15.2 Å². The van der Waals surface area contributed by atoms with E-state index in [9.17, 15) is 4.79 Å². The third-order valence-corrected chi connectivity index (χ3v) is 2.45. The van der Waals surface area contributed by atoms with Crippen molar-refractivity contribution >= 4 is 11.6 Å². The number of nitrogens with two attached hydrogens (primary N) is 1. The highest BCUT2D eigenvalue weighted by atomic mass is 16.5. The Morgan fingerprint density at radius 3 is 2.83 bits per heavy atom. The first-order valence-corrected chi connectivity index (χ1v) is 5.90. The van der Waals surface area contributed by atoms with Crippen molar-refractivity contribution in [3.8, 4) is 5.75 Å². The second kappa shape index (κ2) is 6.86. The predicted octanol–water partition coefficient (Wildman–Crippen LogP) is 1.43. The van der Waals surface area contributed by atoms with Crippen molar-refractivity contribution in [1.82, 2.24) is 5.32 Å². The van der Waals surface area contributed by atoms with Crippen molar-refractivity contribution in [2.45, 2.75) is 19.9 Å². The van der Waals surface area contributed by atoms with Gasteiger partial charge in [-0.3, -0.25) is 4.79 Å². The number of benzene rings is 1. The van der Waals surface area contributed by atoms with E-state index in [1.165, 1.54) is 0 Å². The molecule has 1 aromatic rings. The summed E-state index contributed by atoms with van der Waals surface area (Å²) in [4.78, 5) is 12.0. The molecule has 0 radical (unpaired) electrons. The summed E-state index contributed by atoms with van der Waals surface area (Å²) in [6.07, 6.45) is 0. The maximum absolute atomic E-state index is 12.0. The minimum atomic E-state index is -0.224. The number of amides is 1. The Balaban J connectivity index is 2.71. The zero-order valence-electron chi connectivity index (χ0n) is 11.0. The second-order valence-corrected chi connectivity index (χ2v) is 3.99. The van der Waals surface area contributed by atoms with Crippen LogP contribution in [0.4, 0.5) is 5.69 Å². The highest BCUT2D eigenvalue weighted by molar-refractivity contribution is 5.99. The zero-order chi connectivity index (χ0) is 13.5. The molecule has 5 heteroatoms. The van der Waals surface area contributed by atoms with Gasteiger partial charge in [0, 0.05) is 18.3 Å². The molecular weight excluding hydrogens is 232 g/mol. The van der Waals surface area contributed by atoms with Crippen molar-refractivity contribution in [3.05, 3.63) is 23.8 Å². The molecule has 100 valence electrons. The Hall–Kier alpha value is -1.75. The Bertz CT molecular complexity index is 407. The fourth-order valence-corrected chi connectivity index (χ4v) is 1.50. The molecule has 1 aromatic carbocycles. The molecule has 0 spiro atoms. The number of carbonyl (C=O) groups excluding carboxylic acids is 1. The fourth-order valence-electron chi connectivity index (χ4n) is 1.50. The standard InChI is InChI=1S/C13H20N2O3/c1-4-18-8-9(2)15-13(16)11-7-10(17-3)5-6-12(11)14/h5-7,9H,4,8,14H2,1-3H3,(H,15,16). The van der Waals surface area contributed by atoms with Gasteiger partial charge < -0.3 is 20.5 Å². The molecule has 0 fully saturated rings. The number of nitrogens with one attached hydrogen (secondary N) is 1. The average Bonchev–Trinajstić information content (AvgIpc) is 2.36. The van der Waals surface area contributed by atoms with Crippen molar-refractivity contribution in [2.24, 2.45) is 0 Å². The number of anilines is 1. The normalized spacial score (nSPS) is 11.9. The number of carbonyl (C=O) groups is 1. The third-order valence-electron chi connectivity index (χ3n) is 2.45. The highest BCUT2D eigenvalue weighted by Gasteiger charge is 2.13. The Kier molecular flexibility index (Phi) is 5.45. The first-order valence-electron chi connectivity index (χ1n) is 5.90. The van der Waals surface area contributed by atoms with E-state index >= 15 is 0 Å². The lowest BCUT2D eigenvalue weighted by atomic mass is 10.1. The van der Waals surface area contributed by atoms with Crippen LogP contribution in [-0.4, -0.2) is 32.3 Å². The number of nitrogen functional groups attached to an aromatic ring is 1. The van der Waals surface area contributed by atoms with Crippen LogP contribution in [0.25, 0.3) is 0 Å². The molecule has 0 heterocycles. The molecule has 0 aliphatic rings. The van der Waals surface area contributed by atoms with Gasteiger partial charge in [-0.1, -0.05) is 0 Å². The van der Waals surface area contributed by atoms with Gasteiger partial charge in [-0.15, -0.1) is 0 Å². The average molecular weight is 252 g/mol. The molecule has 0 aliphatic heterocycles. The van der Waals surface area contributed by atoms with E-state index in [-0.39, 0.29) is 11.9 Å². The van der Waals surface area contributed by atoms with Gasteiger partial charge in [-0.05, 0) is 32.0 Å². The molecule has 18 heavy (non-hydrogen) atoms. The van der Waals surface area contributed by atoms with Crippen LogP contribution in [0.2, 0.25) is 0 Å². The van der Waals surface area contributed by atoms with E-state index in [0.29, 0.717) is 30.2 Å². The van der Waals surface area contributed by atoms with Crippen LogP contribution >= 0.6 is 0 Å². The third kappa shape index (κ3) is 3.92. The number of hydrogen-bond acceptors (Lipinski definition) is 4. The van der Waals surface area contributed by atoms with Gasteiger partial charge >= 0.3 is 0 Å². The molecule has 0 bridgehead atoms. The molecular formula is C13H20N2O3. The summed E-state index contributed by atoms with van der Waals surface area (Å²) in [5.41, 5.74) is 6.62. The first kappa shape index (κ1) is 14.3. The first-order chi connectivity index (χ1) is 8.58. The van der Waals surface area contributed by atoms with Crippen molar-refractivity contribution in [1.29, 1.82) is 0 Å². The number of rotatable bonds is 6. The van der Waals surface area contributed by atoms with Gasteiger partial charge in [0.2, 0.25) is 0 Å². The molecule has 1 atom stereocenters. The summed E-state index contributed by atoms with van der Waals surface area (Å²) in [7, 11) is 1.55. The van der Waals surface area contributed by atoms with Gasteiger partial charge in [0.15, 0.2) is 0 Å². The molecule has 0 aliphatic carbocycles. The summed E-state index contributed by atoms with van der Waals surface area (Å²) < 4.78 is 10.3. The topological polar surface area (TPSA) is 73.6 Å². The minimum absolute atomic E-state index is 0.0666. The summed E-state index contributed by atoms with van der Waals surface area (Å²) >= 11 is 0. The quantitative estimate of drug-likeness (QED) is 0.751. The minimum Gasteiger partial charge on any atom is -0.497 e. The highest BCUT2D eigenvalue weighted by Crippen LogP contribution is 2.19. The zero-order valence-corrected chi connectivity index (χ0v) is 11.0. The van der Waals surface area contributed by atoms with Crippen LogP contribution in [0.3, 0.4) is 0 Å². The smallest absolute Gasteiger partial charge is 0.253 e. The Morgan fingerprint density at radius 2 is 2.22 bits per heavy atom. The predicted molar refractivity (Wildman–Crippen MR) is 70.8 cm³/mol. The van der Waals surface area contributed by atoms with Crippen molar-refractivity contribution < 1.29 is 14.3 Å². The van der Waals surface area contributed by atoms with E-state index in [1.54, 1.807) is 25.3 Å². The van der Waals surface area contributed by atoms with Crippen LogP contribution in [0.5, 0.6) is 5.75 Å². The van der Waals surface area contributed by atoms with Gasteiger partial charge in [0.1, 0.15) is 5.75 Å². The van der Waals surface area contributed by atoms with E-state index in [0.717, 1.165) is 0 Å². The van der Waals surface area contributed by atoms with Gasteiger partial charge in [-0.25, -0.2) is 0 Å². The summed E-state index contributed by atoms with van der Waals surface area (Å²) in [5.74, 6) is 0.380. The van der Waals surface area contributed by atoms with Gasteiger partial charge in [-0.2, -0.15) is 0 Å². The van der Waals surface area contributed by atoms with E-state index < -0.39 is 0 Å². The largest absolute Gasteiger partial charge is 0.497 e. The van der Waals surface area contributed by atoms with E-state index in [1.807, 2.05) is 13.8 Å². The molecule has 1 rings (SSSR count). The van der Waals surface area contributed by atoms with Gasteiger partial charge in [0.05, 0.1) is 19.3 Å². The van der Waals surface area contributed by atoms with Crippen LogP contribution in [0, 0.1) is 0 Å². The number of methoxy groups -OCH3 is 1. The van der Waals surface area contributed by atoms with Gasteiger partial charge in [0.25, 0.3) is 5.91 Å². The molecule has 1 unspecified atom stereocenters. The van der Waals surface area contributed by atoms with Crippen molar-refractivity contribution in [3.63, 3.8) is 0 Å². The fraction of sp³-hybridized carbons (Fsp3) is 0.462. The van der Waals surface area contributed by atoms with Crippen LogP contribution < -0.4 is 15.8 Å². The Morgan fingerprint density at radius 1 is 1.50 bits per heavy atom. The molecule has 3 N–H and O–H groups in total. The molecule has 5 nitrogen and oxygen atoms in total. The number of ether oxygens (including phenoxy) is 2. The Labute approximate surface area is 107 Å². The monoisotopic (exact) mass is 252 g/mol. The number of hydrogen-bond donors (Lipinski definition) is 2. The van der Waals surface area contributed by atoms with Crippen LogP contribution in [0.15, 0.2) is 18.2 Å². The lowest BCUT2D eigenvalue weighted by Gasteiger charge is -2.15. The molecule has 0 aromatic heterocycles. The second-order valence-electron chi connectivity index (χ2n) is 3.99. The summed E-state index contributed by atoms with van der Waals surface area (Å²) in [6, 6.07) is 4.93. The lowest BCUT2D eigenvalue weighted by Crippen LogP contribution is -2.36. The van der Waals surface area contributed by atoms with Crippen molar-refractivity contribution in [2.75, 3.05) is 26.1 Å². The molecule has 1 amide bonds. The lowest BCUT2D eigenvalue weighted by molar-refractivity contribution is 0.0872. The maximum atomic E-state index is 12.0. The molecule has 0 saturated heterocycles. The summed E-state index contributed by atoms with van der Waals surface area (Å²) in [5, 5.41) is 2.82. The van der Waals surface area contributed by atoms with Crippen LogP contribution in [-0.2, 0) is 4.74 Å². The maximum Gasteiger partial charge on any atom is 0.253 e.